The van der Waals surface area contributed by atoms with E-state index in [0.717, 1.165) is 32.6 Å². The number of halogens is 1. The molecule has 0 atom stereocenters. The normalized spacial score (nSPS) is 12.2. The van der Waals surface area contributed by atoms with Gasteiger partial charge in [0.1, 0.15) is 11.4 Å². The van der Waals surface area contributed by atoms with Crippen LogP contribution in [0.1, 0.15) is 43.7 Å². The topological polar surface area (TPSA) is 72.8 Å². The second kappa shape index (κ2) is 12.5. The van der Waals surface area contributed by atoms with Crippen molar-refractivity contribution in [1.29, 1.82) is 0 Å². The fourth-order valence-electron chi connectivity index (χ4n) is 4.09. The number of carbonyl (C=O) groups excluding carboxylic acids is 2. The summed E-state index contributed by atoms with van der Waals surface area (Å²) in [6.07, 6.45) is 0.726. The highest BCUT2D eigenvalue weighted by atomic mass is 32.2. The molecule has 0 saturated carbocycles. The molecule has 0 unspecified atom stereocenters. The fraction of sp³-hybridized carbons (Fsp3) is 0.379. The number of esters is 1. The van der Waals surface area contributed by atoms with Crippen molar-refractivity contribution in [2.24, 2.45) is 0 Å². The van der Waals surface area contributed by atoms with E-state index in [0.29, 0.717) is 5.56 Å². The van der Waals surface area contributed by atoms with Crippen LogP contribution in [-0.2, 0) is 16.0 Å². The molecule has 3 rings (SSSR count). The van der Waals surface area contributed by atoms with Gasteiger partial charge in [-0.05, 0) is 103 Å². The highest BCUT2D eigenvalue weighted by Crippen LogP contribution is 2.37. The molecular weight excluding hydrogens is 505 g/mol. The lowest BCUT2D eigenvalue weighted by Crippen LogP contribution is -2.32. The number of ether oxygens (including phenoxy) is 2. The number of nitrogens with zero attached hydrogens (tertiary/aromatic N) is 2. The lowest BCUT2D eigenvalue weighted by atomic mass is 10.0. The van der Waals surface area contributed by atoms with Crippen LogP contribution in [-0.4, -0.2) is 53.8 Å². The van der Waals surface area contributed by atoms with E-state index in [1.807, 2.05) is 60.2 Å². The highest BCUT2D eigenvalue weighted by Gasteiger charge is 2.20. The Morgan fingerprint density at radius 2 is 1.89 bits per heavy atom. The van der Waals surface area contributed by atoms with Gasteiger partial charge in [-0.25, -0.2) is 14.0 Å². The molecular formula is C29H36FN3O4S. The minimum Gasteiger partial charge on any atom is -0.462 e. The zero-order valence-corrected chi connectivity index (χ0v) is 23.9. The second-order valence-corrected chi connectivity index (χ2v) is 11.3. The van der Waals surface area contributed by atoms with Crippen molar-refractivity contribution in [3.63, 3.8) is 0 Å². The maximum atomic E-state index is 15.1. The molecule has 2 aromatic carbocycles. The summed E-state index contributed by atoms with van der Waals surface area (Å²) in [5, 5.41) is 3.38. The summed E-state index contributed by atoms with van der Waals surface area (Å²) < 4.78 is 29.4. The predicted molar refractivity (Wildman–Crippen MR) is 151 cm³/mol. The number of aromatic nitrogens is 1. The van der Waals surface area contributed by atoms with Crippen molar-refractivity contribution in [1.82, 2.24) is 14.2 Å². The van der Waals surface area contributed by atoms with Crippen molar-refractivity contribution >= 4 is 34.9 Å². The molecule has 7 nitrogen and oxygen atoms in total. The van der Waals surface area contributed by atoms with Gasteiger partial charge in [-0.1, -0.05) is 12.1 Å². The molecule has 9 heteroatoms. The number of benzene rings is 2. The predicted octanol–water partition coefficient (Wildman–Crippen LogP) is 6.74. The Balaban J connectivity index is 2.00. The SMILES string of the molecule is CCOC(=O)c1ccc2c(c1)c(-c1cccc(SN(C)C)c1)c(C)n2C/C(F)=C/CNC(=O)OC(C)(C)C. The number of fused-ring (bicyclic) bond motifs is 1. The number of hydrogen-bond acceptors (Lipinski definition) is 6. The minimum absolute atomic E-state index is 0.00264. The summed E-state index contributed by atoms with van der Waals surface area (Å²) in [6.45, 7) is 9.27. The Morgan fingerprint density at radius 1 is 1.16 bits per heavy atom. The molecule has 204 valence electrons. The zero-order valence-electron chi connectivity index (χ0n) is 23.1. The van der Waals surface area contributed by atoms with Gasteiger partial charge in [-0.2, -0.15) is 0 Å². The van der Waals surface area contributed by atoms with Crippen LogP contribution in [0.3, 0.4) is 0 Å². The smallest absolute Gasteiger partial charge is 0.407 e. The molecule has 0 radical (unpaired) electrons. The summed E-state index contributed by atoms with van der Waals surface area (Å²) in [6, 6.07) is 13.5. The summed E-state index contributed by atoms with van der Waals surface area (Å²) in [7, 11) is 3.96. The average molecular weight is 542 g/mol. The Hall–Kier alpha value is -3.30. The van der Waals surface area contributed by atoms with Crippen LogP contribution in [0.15, 0.2) is 59.3 Å². The second-order valence-electron chi connectivity index (χ2n) is 9.96. The summed E-state index contributed by atoms with van der Waals surface area (Å²) in [5.74, 6) is -0.805. The van der Waals surface area contributed by atoms with Crippen molar-refractivity contribution in [3.05, 3.63) is 65.6 Å². The van der Waals surface area contributed by atoms with Gasteiger partial charge in [0.05, 0.1) is 18.7 Å². The monoisotopic (exact) mass is 541 g/mol. The van der Waals surface area contributed by atoms with Crippen LogP contribution in [0.2, 0.25) is 0 Å². The first kappa shape index (κ1) is 29.3. The van der Waals surface area contributed by atoms with Crippen LogP contribution >= 0.6 is 11.9 Å². The van der Waals surface area contributed by atoms with E-state index in [2.05, 4.69) is 11.4 Å². The number of amides is 1. The van der Waals surface area contributed by atoms with Crippen LogP contribution in [0, 0.1) is 6.92 Å². The van der Waals surface area contributed by atoms with Gasteiger partial charge < -0.3 is 19.4 Å². The molecule has 1 aromatic heterocycles. The molecule has 38 heavy (non-hydrogen) atoms. The van der Waals surface area contributed by atoms with Gasteiger partial charge in [0.25, 0.3) is 0 Å². The van der Waals surface area contributed by atoms with Gasteiger partial charge in [-0.15, -0.1) is 0 Å². The lowest BCUT2D eigenvalue weighted by Gasteiger charge is -2.19. The molecule has 0 fully saturated rings. The van der Waals surface area contributed by atoms with E-state index < -0.39 is 23.5 Å². The largest absolute Gasteiger partial charge is 0.462 e. The number of carbonyl (C=O) groups is 2. The molecule has 0 aliphatic rings. The number of hydrogen-bond donors (Lipinski definition) is 1. The molecule has 0 aliphatic carbocycles. The van der Waals surface area contributed by atoms with E-state index >= 15 is 4.39 Å². The lowest BCUT2D eigenvalue weighted by molar-refractivity contribution is 0.0519. The number of allylic oxidation sites excluding steroid dienone is 1. The Bertz CT molecular complexity index is 1340. The molecule has 0 bridgehead atoms. The quantitative estimate of drug-likeness (QED) is 0.239. The van der Waals surface area contributed by atoms with Gasteiger partial charge in [0, 0.05) is 33.6 Å². The first-order valence-corrected chi connectivity index (χ1v) is 13.2. The molecule has 3 aromatic rings. The van der Waals surface area contributed by atoms with Crippen molar-refractivity contribution in [3.8, 4) is 11.1 Å². The third-order valence-corrected chi connectivity index (χ3v) is 6.35. The van der Waals surface area contributed by atoms with E-state index in [-0.39, 0.29) is 19.7 Å². The molecule has 0 saturated heterocycles. The molecule has 0 aliphatic heterocycles. The van der Waals surface area contributed by atoms with Crippen LogP contribution < -0.4 is 5.32 Å². The van der Waals surface area contributed by atoms with E-state index in [9.17, 15) is 9.59 Å². The summed E-state index contributed by atoms with van der Waals surface area (Å²) in [5.41, 5.74) is 3.35. The molecule has 0 spiro atoms. The van der Waals surface area contributed by atoms with Crippen molar-refractivity contribution < 1.29 is 23.5 Å². The van der Waals surface area contributed by atoms with Crippen LogP contribution in [0.25, 0.3) is 22.0 Å². The highest BCUT2D eigenvalue weighted by molar-refractivity contribution is 7.97. The first-order valence-electron chi connectivity index (χ1n) is 12.5. The van der Waals surface area contributed by atoms with Gasteiger partial charge >= 0.3 is 12.1 Å². The average Bonchev–Trinajstić information content (AvgIpc) is 3.08. The number of nitrogens with one attached hydrogen (secondary N) is 1. The molecule has 1 heterocycles. The molecule has 1 amide bonds. The standard InChI is InChI=1S/C29H36FN3O4S/c1-8-36-27(34)21-12-13-25-24(17-21)26(20-10-9-11-23(16-20)38-32(6)7)19(2)33(25)18-22(30)14-15-31-28(35)37-29(3,4)5/h9-14,16-17H,8,15,18H2,1-7H3,(H,31,35)/b22-14-. The zero-order chi connectivity index (χ0) is 28.0. The number of rotatable bonds is 9. The first-order chi connectivity index (χ1) is 17.9. The fourth-order valence-corrected chi connectivity index (χ4v) is 4.83. The number of alkyl carbamates (subject to hydrolysis) is 1. The third-order valence-electron chi connectivity index (χ3n) is 5.52. The van der Waals surface area contributed by atoms with Gasteiger partial charge in [0.2, 0.25) is 0 Å². The Morgan fingerprint density at radius 3 is 2.55 bits per heavy atom. The molecule has 1 N–H and O–H groups in total. The summed E-state index contributed by atoms with van der Waals surface area (Å²) >= 11 is 1.60. The van der Waals surface area contributed by atoms with E-state index in [4.69, 9.17) is 9.47 Å². The summed E-state index contributed by atoms with van der Waals surface area (Å²) in [4.78, 5) is 25.4. The Kier molecular flexibility index (Phi) is 9.62. The maximum Gasteiger partial charge on any atom is 0.407 e. The van der Waals surface area contributed by atoms with E-state index in [1.54, 1.807) is 45.7 Å². The van der Waals surface area contributed by atoms with Gasteiger partial charge in [0.15, 0.2) is 0 Å². The van der Waals surface area contributed by atoms with E-state index in [1.165, 1.54) is 6.08 Å². The third kappa shape index (κ3) is 7.61. The maximum absolute atomic E-state index is 15.1. The van der Waals surface area contributed by atoms with Gasteiger partial charge in [-0.3, -0.25) is 4.31 Å². The van der Waals surface area contributed by atoms with Crippen molar-refractivity contribution in [2.45, 2.75) is 51.7 Å². The van der Waals surface area contributed by atoms with Crippen molar-refractivity contribution in [2.75, 3.05) is 27.2 Å². The van der Waals surface area contributed by atoms with Crippen LogP contribution in [0.5, 0.6) is 0 Å². The Labute approximate surface area is 228 Å². The van der Waals surface area contributed by atoms with Crippen LogP contribution in [0.4, 0.5) is 9.18 Å². The minimum atomic E-state index is -0.630.